The van der Waals surface area contributed by atoms with Crippen LogP contribution >= 0.6 is 0 Å². The van der Waals surface area contributed by atoms with Crippen LogP contribution in [0.15, 0.2) is 4.52 Å². The largest absolute Gasteiger partial charge is 0.378 e. The first-order chi connectivity index (χ1) is 8.79. The van der Waals surface area contributed by atoms with E-state index in [1.165, 1.54) is 6.42 Å². The first-order valence-corrected chi connectivity index (χ1v) is 6.99. The van der Waals surface area contributed by atoms with Crippen LogP contribution in [0.4, 0.5) is 0 Å². The van der Waals surface area contributed by atoms with Crippen LogP contribution in [0.25, 0.3) is 0 Å². The fraction of sp³-hybridized carbons (Fsp3) is 0.846. The molecule has 1 aliphatic heterocycles. The van der Waals surface area contributed by atoms with E-state index in [9.17, 15) is 0 Å². The number of unbranched alkanes of at least 4 members (excludes halogenated alkanes) is 1. The molecule has 0 bridgehead atoms. The predicted octanol–water partition coefficient (Wildman–Crippen LogP) is 2.37. The summed E-state index contributed by atoms with van der Waals surface area (Å²) in [6, 6.07) is -0.126. The number of ether oxygens (including phenoxy) is 1. The monoisotopic (exact) mass is 253 g/mol. The number of hydrogen-bond donors (Lipinski definition) is 1. The Labute approximate surface area is 108 Å². The van der Waals surface area contributed by atoms with E-state index < -0.39 is 0 Å². The number of aromatic nitrogens is 2. The molecule has 5 heteroatoms. The first-order valence-electron chi connectivity index (χ1n) is 6.99. The van der Waals surface area contributed by atoms with Gasteiger partial charge in [-0.3, -0.25) is 0 Å². The number of nitrogens with two attached hydrogens (primary N) is 1. The van der Waals surface area contributed by atoms with Crippen molar-refractivity contribution in [3.63, 3.8) is 0 Å². The molecule has 0 spiro atoms. The van der Waals surface area contributed by atoms with Gasteiger partial charge in [0.2, 0.25) is 5.89 Å². The quantitative estimate of drug-likeness (QED) is 0.842. The summed E-state index contributed by atoms with van der Waals surface area (Å²) in [5.41, 5.74) is 6.00. The minimum Gasteiger partial charge on any atom is -0.378 e. The molecule has 0 radical (unpaired) electrons. The van der Waals surface area contributed by atoms with E-state index in [-0.39, 0.29) is 12.1 Å². The summed E-state index contributed by atoms with van der Waals surface area (Å²) in [5, 5.41) is 3.99. The van der Waals surface area contributed by atoms with Crippen LogP contribution in [0.5, 0.6) is 0 Å². The van der Waals surface area contributed by atoms with Gasteiger partial charge in [-0.1, -0.05) is 24.9 Å². The van der Waals surface area contributed by atoms with Gasteiger partial charge in [-0.2, -0.15) is 4.98 Å². The molecule has 1 saturated heterocycles. The van der Waals surface area contributed by atoms with Crippen LogP contribution in [0.1, 0.15) is 63.2 Å². The first kappa shape index (κ1) is 13.5. The highest BCUT2D eigenvalue weighted by Gasteiger charge is 2.19. The highest BCUT2D eigenvalue weighted by atomic mass is 16.5. The Morgan fingerprint density at radius 2 is 2.33 bits per heavy atom. The zero-order chi connectivity index (χ0) is 12.8. The molecule has 0 aromatic carbocycles. The van der Waals surface area contributed by atoms with Crippen LogP contribution in [0.2, 0.25) is 0 Å². The Morgan fingerprint density at radius 3 is 3.06 bits per heavy atom. The van der Waals surface area contributed by atoms with Gasteiger partial charge in [0.25, 0.3) is 0 Å². The summed E-state index contributed by atoms with van der Waals surface area (Å²) in [5.74, 6) is 1.29. The van der Waals surface area contributed by atoms with Gasteiger partial charge in [-0.15, -0.1) is 0 Å². The van der Waals surface area contributed by atoms with E-state index >= 15 is 0 Å². The number of hydrogen-bond acceptors (Lipinski definition) is 5. The lowest BCUT2D eigenvalue weighted by molar-refractivity contribution is 0.0153. The Hall–Kier alpha value is -0.940. The summed E-state index contributed by atoms with van der Waals surface area (Å²) < 4.78 is 10.9. The van der Waals surface area contributed by atoms with Crippen molar-refractivity contribution in [2.45, 2.75) is 64.0 Å². The average molecular weight is 253 g/mol. The van der Waals surface area contributed by atoms with Crippen molar-refractivity contribution in [3.8, 4) is 0 Å². The van der Waals surface area contributed by atoms with Gasteiger partial charge in [0.15, 0.2) is 5.82 Å². The zero-order valence-corrected chi connectivity index (χ0v) is 11.1. The van der Waals surface area contributed by atoms with Crippen LogP contribution in [0.3, 0.4) is 0 Å². The maximum absolute atomic E-state index is 6.00. The maximum atomic E-state index is 6.00. The van der Waals surface area contributed by atoms with E-state index in [4.69, 9.17) is 15.0 Å². The smallest absolute Gasteiger partial charge is 0.243 e. The van der Waals surface area contributed by atoms with Gasteiger partial charge in [0.1, 0.15) is 0 Å². The van der Waals surface area contributed by atoms with Gasteiger partial charge in [0, 0.05) is 13.0 Å². The lowest BCUT2D eigenvalue weighted by Gasteiger charge is -2.20. The molecule has 1 fully saturated rings. The van der Waals surface area contributed by atoms with Crippen molar-refractivity contribution in [3.05, 3.63) is 11.7 Å². The van der Waals surface area contributed by atoms with Crippen molar-refractivity contribution >= 4 is 0 Å². The molecule has 2 N–H and O–H groups in total. The van der Waals surface area contributed by atoms with E-state index in [2.05, 4.69) is 17.1 Å². The second-order valence-electron chi connectivity index (χ2n) is 4.99. The third-order valence-corrected chi connectivity index (χ3v) is 3.35. The molecule has 1 unspecified atom stereocenters. The van der Waals surface area contributed by atoms with Crippen molar-refractivity contribution < 1.29 is 9.26 Å². The van der Waals surface area contributed by atoms with Crippen molar-refractivity contribution in [2.75, 3.05) is 6.61 Å². The van der Waals surface area contributed by atoms with E-state index in [0.29, 0.717) is 5.89 Å². The molecule has 0 amide bonds. The fourth-order valence-corrected chi connectivity index (χ4v) is 2.22. The molecular weight excluding hydrogens is 230 g/mol. The second-order valence-corrected chi connectivity index (χ2v) is 4.99. The minimum absolute atomic E-state index is 0.126. The summed E-state index contributed by atoms with van der Waals surface area (Å²) in [4.78, 5) is 4.37. The average Bonchev–Trinajstić information content (AvgIpc) is 2.86. The van der Waals surface area contributed by atoms with E-state index in [1.807, 2.05) is 0 Å². The lowest BCUT2D eigenvalue weighted by Crippen LogP contribution is -2.22. The molecule has 2 atom stereocenters. The number of nitrogens with zero attached hydrogens (tertiary/aromatic N) is 2. The summed E-state index contributed by atoms with van der Waals surface area (Å²) >= 11 is 0. The standard InChI is InChI=1S/C13H23N3O2/c1-2-3-7-11(14)13-15-12(16-18-13)9-10-6-4-5-8-17-10/h10-11H,2-9,14H2,1H3/t10?,11-/m0/s1. The van der Waals surface area contributed by atoms with Crippen LogP contribution in [0, 0.1) is 0 Å². The normalized spacial score (nSPS) is 22.0. The van der Waals surface area contributed by atoms with E-state index in [0.717, 1.165) is 51.0 Å². The minimum atomic E-state index is -0.126. The Kier molecular flexibility index (Phi) is 5.13. The molecule has 1 aliphatic rings. The van der Waals surface area contributed by atoms with Gasteiger partial charge >= 0.3 is 0 Å². The molecular formula is C13H23N3O2. The van der Waals surface area contributed by atoms with Gasteiger partial charge in [0.05, 0.1) is 12.1 Å². The molecule has 0 saturated carbocycles. The fourth-order valence-electron chi connectivity index (χ4n) is 2.22. The zero-order valence-electron chi connectivity index (χ0n) is 11.1. The third-order valence-electron chi connectivity index (χ3n) is 3.35. The molecule has 2 rings (SSSR count). The van der Waals surface area contributed by atoms with Crippen molar-refractivity contribution in [1.29, 1.82) is 0 Å². The molecule has 5 nitrogen and oxygen atoms in total. The van der Waals surface area contributed by atoms with Gasteiger partial charge in [-0.25, -0.2) is 0 Å². The van der Waals surface area contributed by atoms with Gasteiger partial charge < -0.3 is 15.0 Å². The summed E-state index contributed by atoms with van der Waals surface area (Å²) in [6.45, 7) is 3.00. The molecule has 0 aliphatic carbocycles. The Bertz CT molecular complexity index is 348. The molecule has 2 heterocycles. The molecule has 102 valence electrons. The topological polar surface area (TPSA) is 74.2 Å². The number of rotatable bonds is 6. The molecule has 1 aromatic rings. The van der Waals surface area contributed by atoms with Crippen molar-refractivity contribution in [1.82, 2.24) is 10.1 Å². The highest BCUT2D eigenvalue weighted by molar-refractivity contribution is 4.93. The second kappa shape index (κ2) is 6.85. The lowest BCUT2D eigenvalue weighted by atomic mass is 10.1. The Balaban J connectivity index is 1.84. The third kappa shape index (κ3) is 3.78. The SMILES string of the molecule is CCCC[C@H](N)c1nc(CC2CCCCO2)no1. The van der Waals surface area contributed by atoms with E-state index in [1.54, 1.807) is 0 Å². The van der Waals surface area contributed by atoms with Gasteiger partial charge in [-0.05, 0) is 25.7 Å². The van der Waals surface area contributed by atoms with Crippen molar-refractivity contribution in [2.24, 2.45) is 5.73 Å². The predicted molar refractivity (Wildman–Crippen MR) is 68.0 cm³/mol. The molecule has 18 heavy (non-hydrogen) atoms. The maximum Gasteiger partial charge on any atom is 0.243 e. The van der Waals surface area contributed by atoms with Crippen LogP contribution in [-0.2, 0) is 11.2 Å². The summed E-state index contributed by atoms with van der Waals surface area (Å²) in [6.07, 6.45) is 7.58. The Morgan fingerprint density at radius 1 is 1.44 bits per heavy atom. The van der Waals surface area contributed by atoms with Crippen LogP contribution in [-0.4, -0.2) is 22.9 Å². The molecule has 1 aromatic heterocycles. The van der Waals surface area contributed by atoms with Crippen LogP contribution < -0.4 is 5.73 Å². The highest BCUT2D eigenvalue weighted by Crippen LogP contribution is 2.18. The summed E-state index contributed by atoms with van der Waals surface area (Å²) in [7, 11) is 0.